The van der Waals surface area contributed by atoms with Crippen LogP contribution in [-0.4, -0.2) is 51.9 Å². The molecule has 2 aromatic rings. The molecule has 0 bridgehead atoms. The number of nitrogens with zero attached hydrogens (tertiary/aromatic N) is 5. The predicted octanol–water partition coefficient (Wildman–Crippen LogP) is 0.669. The Hall–Kier alpha value is -2.00. The lowest BCUT2D eigenvalue weighted by Gasteiger charge is -2.17. The second-order valence-electron chi connectivity index (χ2n) is 5.58. The predicted molar refractivity (Wildman–Crippen MR) is 82.5 cm³/mol. The first-order chi connectivity index (χ1) is 10.9. The van der Waals surface area contributed by atoms with Gasteiger partial charge in [-0.15, -0.1) is 5.10 Å². The molecule has 2 aromatic heterocycles. The fourth-order valence-electron chi connectivity index (χ4n) is 2.79. The summed E-state index contributed by atoms with van der Waals surface area (Å²) in [6, 6.07) is 3.44. The molecule has 0 saturated carbocycles. The molecule has 0 amide bonds. The number of aryl methyl sites for hydroxylation is 2. The van der Waals surface area contributed by atoms with E-state index in [1.54, 1.807) is 43.9 Å². The zero-order valence-corrected chi connectivity index (χ0v) is 14.1. The molecule has 1 atom stereocenters. The first-order valence-electron chi connectivity index (χ1n) is 7.34. The average molecular weight is 337 g/mol. The van der Waals surface area contributed by atoms with Gasteiger partial charge in [-0.25, -0.2) is 8.42 Å². The SMILES string of the molecule is Cc1nn(C)c(C)c1S(=O)(=O)N1CC[C@@H](Oc2cccnn2)C1. The zero-order valence-electron chi connectivity index (χ0n) is 13.3. The Labute approximate surface area is 135 Å². The number of ether oxygens (including phenoxy) is 1. The standard InChI is InChI=1S/C14H19N5O3S/c1-10-14(11(2)18(3)17-10)23(20,21)19-8-6-12(9-19)22-13-5-4-7-15-16-13/h4-5,7,12H,6,8-9H2,1-3H3/t12-/m1/s1. The van der Waals surface area contributed by atoms with Crippen molar-refractivity contribution in [1.82, 2.24) is 24.3 Å². The second-order valence-corrected chi connectivity index (χ2v) is 7.45. The van der Waals surface area contributed by atoms with E-state index in [0.717, 1.165) is 0 Å². The fraction of sp³-hybridized carbons (Fsp3) is 0.500. The normalized spacial score (nSPS) is 19.2. The van der Waals surface area contributed by atoms with Crippen LogP contribution in [0.25, 0.3) is 0 Å². The maximum atomic E-state index is 12.9. The minimum atomic E-state index is -3.57. The van der Waals surface area contributed by atoms with Crippen LogP contribution in [0.2, 0.25) is 0 Å². The van der Waals surface area contributed by atoms with Crippen LogP contribution in [0.15, 0.2) is 23.2 Å². The monoisotopic (exact) mass is 337 g/mol. The van der Waals surface area contributed by atoms with Crippen molar-refractivity contribution in [2.45, 2.75) is 31.3 Å². The summed E-state index contributed by atoms with van der Waals surface area (Å²) in [5, 5.41) is 11.8. The van der Waals surface area contributed by atoms with Crippen LogP contribution in [-0.2, 0) is 17.1 Å². The Bertz CT molecular complexity index is 803. The van der Waals surface area contributed by atoms with Crippen LogP contribution in [0.4, 0.5) is 0 Å². The third-order valence-electron chi connectivity index (χ3n) is 3.98. The van der Waals surface area contributed by atoms with Gasteiger partial charge in [-0.3, -0.25) is 4.68 Å². The minimum absolute atomic E-state index is 0.223. The van der Waals surface area contributed by atoms with E-state index in [9.17, 15) is 8.42 Å². The molecule has 23 heavy (non-hydrogen) atoms. The Balaban J connectivity index is 1.78. The number of rotatable bonds is 4. The Kier molecular flexibility index (Phi) is 4.07. The molecule has 0 N–H and O–H groups in total. The van der Waals surface area contributed by atoms with Gasteiger partial charge >= 0.3 is 0 Å². The lowest BCUT2D eigenvalue weighted by atomic mass is 10.3. The first kappa shape index (κ1) is 15.9. The largest absolute Gasteiger partial charge is 0.472 e. The molecule has 1 aliphatic heterocycles. The summed E-state index contributed by atoms with van der Waals surface area (Å²) in [4.78, 5) is 0.292. The van der Waals surface area contributed by atoms with Gasteiger partial charge in [0.15, 0.2) is 0 Å². The number of aromatic nitrogens is 4. The lowest BCUT2D eigenvalue weighted by Crippen LogP contribution is -2.31. The van der Waals surface area contributed by atoms with Crippen molar-refractivity contribution >= 4 is 10.0 Å². The van der Waals surface area contributed by atoms with Gasteiger partial charge in [-0.1, -0.05) is 0 Å². The van der Waals surface area contributed by atoms with E-state index in [0.29, 0.717) is 41.7 Å². The van der Waals surface area contributed by atoms with Gasteiger partial charge in [0.25, 0.3) is 0 Å². The molecule has 1 aliphatic rings. The van der Waals surface area contributed by atoms with E-state index in [1.807, 2.05) is 0 Å². The van der Waals surface area contributed by atoms with Crippen molar-refractivity contribution in [3.05, 3.63) is 29.7 Å². The third kappa shape index (κ3) is 2.93. The fourth-order valence-corrected chi connectivity index (χ4v) is 4.68. The maximum absolute atomic E-state index is 12.9. The lowest BCUT2D eigenvalue weighted by molar-refractivity contribution is 0.204. The summed E-state index contributed by atoms with van der Waals surface area (Å²) in [5.41, 5.74) is 1.16. The van der Waals surface area contributed by atoms with E-state index in [-0.39, 0.29) is 6.10 Å². The summed E-state index contributed by atoms with van der Waals surface area (Å²) in [6.45, 7) is 4.19. The average Bonchev–Trinajstić information content (AvgIpc) is 3.06. The molecule has 0 radical (unpaired) electrons. The summed E-state index contributed by atoms with van der Waals surface area (Å²) >= 11 is 0. The molecule has 0 aromatic carbocycles. The van der Waals surface area contributed by atoms with Gasteiger partial charge in [0, 0.05) is 25.9 Å². The smallest absolute Gasteiger partial charge is 0.246 e. The van der Waals surface area contributed by atoms with E-state index >= 15 is 0 Å². The highest BCUT2D eigenvalue weighted by atomic mass is 32.2. The van der Waals surface area contributed by atoms with Crippen LogP contribution in [0.5, 0.6) is 5.88 Å². The molecule has 124 valence electrons. The van der Waals surface area contributed by atoms with Crippen LogP contribution >= 0.6 is 0 Å². The van der Waals surface area contributed by atoms with Crippen molar-refractivity contribution in [2.24, 2.45) is 7.05 Å². The van der Waals surface area contributed by atoms with Gasteiger partial charge in [0.1, 0.15) is 11.0 Å². The summed E-state index contributed by atoms with van der Waals surface area (Å²) in [7, 11) is -1.83. The van der Waals surface area contributed by atoms with Crippen LogP contribution in [0.1, 0.15) is 17.8 Å². The Morgan fingerprint density at radius 3 is 2.74 bits per heavy atom. The van der Waals surface area contributed by atoms with Crippen molar-refractivity contribution in [3.8, 4) is 5.88 Å². The van der Waals surface area contributed by atoms with E-state index in [2.05, 4.69) is 15.3 Å². The highest BCUT2D eigenvalue weighted by molar-refractivity contribution is 7.89. The van der Waals surface area contributed by atoms with Crippen LogP contribution in [0.3, 0.4) is 0 Å². The Morgan fingerprint density at radius 1 is 1.35 bits per heavy atom. The quantitative estimate of drug-likeness (QED) is 0.814. The molecule has 9 heteroatoms. The van der Waals surface area contributed by atoms with E-state index in [4.69, 9.17) is 4.74 Å². The molecule has 1 saturated heterocycles. The van der Waals surface area contributed by atoms with Gasteiger partial charge in [0.2, 0.25) is 15.9 Å². The van der Waals surface area contributed by atoms with Crippen molar-refractivity contribution in [2.75, 3.05) is 13.1 Å². The molecule has 3 rings (SSSR count). The molecule has 8 nitrogen and oxygen atoms in total. The van der Waals surface area contributed by atoms with Crippen molar-refractivity contribution < 1.29 is 13.2 Å². The van der Waals surface area contributed by atoms with E-state index in [1.165, 1.54) is 4.31 Å². The summed E-state index contributed by atoms with van der Waals surface area (Å²) in [6.07, 6.45) is 1.96. The molecule has 3 heterocycles. The number of sulfonamides is 1. The van der Waals surface area contributed by atoms with Crippen molar-refractivity contribution in [3.63, 3.8) is 0 Å². The Morgan fingerprint density at radius 2 is 2.13 bits per heavy atom. The highest BCUT2D eigenvalue weighted by Crippen LogP contribution is 2.27. The van der Waals surface area contributed by atoms with E-state index < -0.39 is 10.0 Å². The minimum Gasteiger partial charge on any atom is -0.472 e. The van der Waals surface area contributed by atoms with Gasteiger partial charge < -0.3 is 4.74 Å². The number of hydrogen-bond acceptors (Lipinski definition) is 6. The third-order valence-corrected chi connectivity index (χ3v) is 6.10. The highest BCUT2D eigenvalue weighted by Gasteiger charge is 2.36. The maximum Gasteiger partial charge on any atom is 0.246 e. The second kappa shape index (κ2) is 5.89. The zero-order chi connectivity index (χ0) is 16.6. The van der Waals surface area contributed by atoms with Crippen LogP contribution in [0, 0.1) is 13.8 Å². The van der Waals surface area contributed by atoms with Crippen LogP contribution < -0.4 is 4.74 Å². The number of hydrogen-bond donors (Lipinski definition) is 0. The van der Waals surface area contributed by atoms with Gasteiger partial charge in [-0.2, -0.15) is 14.5 Å². The molecule has 0 spiro atoms. The van der Waals surface area contributed by atoms with Crippen molar-refractivity contribution in [1.29, 1.82) is 0 Å². The molecular weight excluding hydrogens is 318 g/mol. The molecule has 0 unspecified atom stereocenters. The first-order valence-corrected chi connectivity index (χ1v) is 8.78. The van der Waals surface area contributed by atoms with Gasteiger partial charge in [-0.05, 0) is 26.3 Å². The summed E-state index contributed by atoms with van der Waals surface area (Å²) < 4.78 is 34.5. The van der Waals surface area contributed by atoms with Gasteiger partial charge in [0.05, 0.1) is 17.9 Å². The summed E-state index contributed by atoms with van der Waals surface area (Å²) in [5.74, 6) is 0.408. The molecule has 1 fully saturated rings. The molecular formula is C14H19N5O3S. The topological polar surface area (TPSA) is 90.2 Å². The molecule has 0 aliphatic carbocycles.